The van der Waals surface area contributed by atoms with Gasteiger partial charge < -0.3 is 34.6 Å². The van der Waals surface area contributed by atoms with Crippen molar-refractivity contribution < 1.29 is 49.0 Å². The Hall–Kier alpha value is -1.75. The zero-order valence-corrected chi connectivity index (χ0v) is 22.3. The highest BCUT2D eigenvalue weighted by atomic mass is 16.6. The Morgan fingerprint density at radius 2 is 0.816 bits per heavy atom. The zero-order valence-electron chi connectivity index (χ0n) is 22.3. The van der Waals surface area contributed by atoms with Gasteiger partial charge in [0.15, 0.2) is 0 Å². The fraction of sp³-hybridized carbons (Fsp3) is 0.893. The molecule has 4 aliphatic carbocycles. The number of ether oxygens (including phenoxy) is 3. The van der Waals surface area contributed by atoms with Crippen molar-refractivity contribution in [1.82, 2.24) is 0 Å². The van der Waals surface area contributed by atoms with Gasteiger partial charge in [-0.15, -0.1) is 0 Å². The maximum atomic E-state index is 13.2. The molecule has 4 aliphatic rings. The van der Waals surface area contributed by atoms with Gasteiger partial charge in [0.2, 0.25) is 0 Å². The van der Waals surface area contributed by atoms with Gasteiger partial charge in [0.25, 0.3) is 0 Å². The fourth-order valence-electron chi connectivity index (χ4n) is 6.63. The van der Waals surface area contributed by atoms with Gasteiger partial charge >= 0.3 is 17.9 Å². The average molecular weight is 541 g/mol. The van der Waals surface area contributed by atoms with E-state index in [0.29, 0.717) is 5.92 Å². The van der Waals surface area contributed by atoms with Crippen molar-refractivity contribution >= 4 is 17.9 Å². The molecule has 0 bridgehead atoms. The molecule has 38 heavy (non-hydrogen) atoms. The van der Waals surface area contributed by atoms with Crippen LogP contribution in [0.25, 0.3) is 0 Å². The molecule has 0 amide bonds. The van der Waals surface area contributed by atoms with E-state index in [0.717, 1.165) is 25.7 Å². The molecule has 6 unspecified atom stereocenters. The van der Waals surface area contributed by atoms with E-state index in [1.165, 1.54) is 0 Å². The van der Waals surface area contributed by atoms with Crippen molar-refractivity contribution in [2.75, 3.05) is 0 Å². The minimum Gasteiger partial charge on any atom is -0.462 e. The normalized spacial score (nSPS) is 42.1. The summed E-state index contributed by atoms with van der Waals surface area (Å²) in [6.45, 7) is 2.19. The Labute approximate surface area is 224 Å². The van der Waals surface area contributed by atoms with Gasteiger partial charge in [-0.1, -0.05) is 6.92 Å². The highest BCUT2D eigenvalue weighted by molar-refractivity contribution is 5.75. The van der Waals surface area contributed by atoms with E-state index in [2.05, 4.69) is 6.92 Å². The number of aliphatic hydroxyl groups is 4. The molecule has 4 fully saturated rings. The van der Waals surface area contributed by atoms with Crippen LogP contribution in [0.15, 0.2) is 0 Å². The van der Waals surface area contributed by atoms with Gasteiger partial charge in [-0.05, 0) is 83.0 Å². The van der Waals surface area contributed by atoms with E-state index >= 15 is 0 Å². The van der Waals surface area contributed by atoms with Crippen LogP contribution in [0.1, 0.15) is 90.4 Å². The first-order valence-electron chi connectivity index (χ1n) is 14.4. The van der Waals surface area contributed by atoms with Gasteiger partial charge in [0.1, 0.15) is 18.3 Å². The van der Waals surface area contributed by atoms with Crippen molar-refractivity contribution in [3.63, 3.8) is 0 Å². The lowest BCUT2D eigenvalue weighted by atomic mass is 9.83. The molecule has 10 nitrogen and oxygen atoms in total. The summed E-state index contributed by atoms with van der Waals surface area (Å²) in [6.07, 6.45) is 1.01. The van der Waals surface area contributed by atoms with Crippen LogP contribution in [0, 0.1) is 23.7 Å². The molecular formula is C28H44O10. The third-order valence-electron chi connectivity index (χ3n) is 8.75. The molecule has 0 heterocycles. The minimum absolute atomic E-state index is 0.141. The van der Waals surface area contributed by atoms with Gasteiger partial charge in [0.05, 0.1) is 42.2 Å². The maximum Gasteiger partial charge on any atom is 0.309 e. The Balaban J connectivity index is 1.40. The number of esters is 3. The standard InChI is InChI=1S/C28H44O10/c1-15-2-4-23(5-3-15)36-28(35)18-10-24(37-26(33)16-6-19(29)12-20(30)7-16)14-25(11-18)38-27(34)17-8-21(31)13-22(32)9-17/h15-25,29-32H,2-14H2,1H3. The van der Waals surface area contributed by atoms with E-state index in [1.54, 1.807) is 0 Å². The third-order valence-corrected chi connectivity index (χ3v) is 8.75. The molecule has 0 spiro atoms. The van der Waals surface area contributed by atoms with Crippen LogP contribution < -0.4 is 0 Å². The monoisotopic (exact) mass is 540 g/mol. The Bertz CT molecular complexity index is 756. The molecule has 0 aromatic rings. The Kier molecular flexibility index (Phi) is 10.1. The number of carbonyl (C=O) groups is 3. The molecular weight excluding hydrogens is 496 g/mol. The Morgan fingerprint density at radius 1 is 0.474 bits per heavy atom. The van der Waals surface area contributed by atoms with Gasteiger partial charge in [0, 0.05) is 6.42 Å². The number of aliphatic hydroxyl groups excluding tert-OH is 4. The number of hydrogen-bond donors (Lipinski definition) is 4. The van der Waals surface area contributed by atoms with Crippen LogP contribution in [0.5, 0.6) is 0 Å². The van der Waals surface area contributed by atoms with Crippen molar-refractivity contribution in [2.45, 2.75) is 133 Å². The van der Waals surface area contributed by atoms with Crippen LogP contribution >= 0.6 is 0 Å². The molecule has 0 radical (unpaired) electrons. The van der Waals surface area contributed by atoms with Crippen LogP contribution in [-0.4, -0.2) is 81.1 Å². The molecule has 0 saturated heterocycles. The summed E-state index contributed by atoms with van der Waals surface area (Å²) in [5.41, 5.74) is 0. The van der Waals surface area contributed by atoms with Crippen molar-refractivity contribution in [3.05, 3.63) is 0 Å². The lowest BCUT2D eigenvalue weighted by molar-refractivity contribution is -0.177. The summed E-state index contributed by atoms with van der Waals surface area (Å²) >= 11 is 0. The lowest BCUT2D eigenvalue weighted by Crippen LogP contribution is -2.43. The van der Waals surface area contributed by atoms with Gasteiger partial charge in [-0.2, -0.15) is 0 Å². The molecule has 6 atom stereocenters. The van der Waals surface area contributed by atoms with Crippen molar-refractivity contribution in [2.24, 2.45) is 23.7 Å². The van der Waals surface area contributed by atoms with E-state index in [9.17, 15) is 34.8 Å². The summed E-state index contributed by atoms with van der Waals surface area (Å²) in [5.74, 6) is -2.73. The number of rotatable bonds is 6. The maximum absolute atomic E-state index is 13.2. The van der Waals surface area contributed by atoms with Gasteiger partial charge in [-0.3, -0.25) is 14.4 Å². The molecule has 4 saturated carbocycles. The highest BCUT2D eigenvalue weighted by Gasteiger charge is 2.42. The molecule has 4 N–H and O–H groups in total. The van der Waals surface area contributed by atoms with E-state index in [-0.39, 0.29) is 69.9 Å². The van der Waals surface area contributed by atoms with Crippen LogP contribution in [0.3, 0.4) is 0 Å². The van der Waals surface area contributed by atoms with Crippen molar-refractivity contribution in [3.8, 4) is 0 Å². The quantitative estimate of drug-likeness (QED) is 0.289. The van der Waals surface area contributed by atoms with Gasteiger partial charge in [-0.25, -0.2) is 0 Å². The van der Waals surface area contributed by atoms with Crippen LogP contribution in [-0.2, 0) is 28.6 Å². The number of carbonyl (C=O) groups excluding carboxylic acids is 3. The molecule has 0 aromatic carbocycles. The first kappa shape index (κ1) is 29.2. The molecule has 4 rings (SSSR count). The van der Waals surface area contributed by atoms with Crippen LogP contribution in [0.2, 0.25) is 0 Å². The average Bonchev–Trinajstić information content (AvgIpc) is 2.84. The predicted molar refractivity (Wildman–Crippen MR) is 133 cm³/mol. The highest BCUT2D eigenvalue weighted by Crippen LogP contribution is 2.35. The van der Waals surface area contributed by atoms with E-state index in [1.807, 2.05) is 0 Å². The zero-order chi connectivity index (χ0) is 27.4. The third kappa shape index (κ3) is 8.13. The SMILES string of the molecule is CC1CCC(OC(=O)C2CC(OC(=O)C3CC(O)CC(O)C3)CC(OC(=O)C3CC(O)CC(O)C3)C2)CC1. The first-order chi connectivity index (χ1) is 18.0. The topological polar surface area (TPSA) is 160 Å². The lowest BCUT2D eigenvalue weighted by Gasteiger charge is -2.36. The summed E-state index contributed by atoms with van der Waals surface area (Å²) in [5, 5.41) is 39.9. The van der Waals surface area contributed by atoms with E-state index < -0.39 is 66.3 Å². The summed E-state index contributed by atoms with van der Waals surface area (Å²) in [6, 6.07) is 0. The van der Waals surface area contributed by atoms with Crippen molar-refractivity contribution in [1.29, 1.82) is 0 Å². The minimum atomic E-state index is -0.779. The predicted octanol–water partition coefficient (Wildman–Crippen LogP) is 1.78. The second-order valence-corrected chi connectivity index (χ2v) is 12.3. The number of hydrogen-bond acceptors (Lipinski definition) is 10. The summed E-state index contributed by atoms with van der Waals surface area (Å²) in [4.78, 5) is 39.0. The summed E-state index contributed by atoms with van der Waals surface area (Å²) < 4.78 is 17.3. The largest absolute Gasteiger partial charge is 0.462 e. The van der Waals surface area contributed by atoms with E-state index in [4.69, 9.17) is 14.2 Å². The first-order valence-corrected chi connectivity index (χ1v) is 14.4. The fourth-order valence-corrected chi connectivity index (χ4v) is 6.63. The second-order valence-electron chi connectivity index (χ2n) is 12.3. The molecule has 10 heteroatoms. The van der Waals surface area contributed by atoms with Crippen LogP contribution in [0.4, 0.5) is 0 Å². The smallest absolute Gasteiger partial charge is 0.309 e. The summed E-state index contributed by atoms with van der Waals surface area (Å²) in [7, 11) is 0. The molecule has 216 valence electrons. The Morgan fingerprint density at radius 3 is 1.21 bits per heavy atom. The molecule has 0 aliphatic heterocycles. The molecule has 0 aromatic heterocycles. The second kappa shape index (κ2) is 13.1.